The number of carbonyl (C=O) groups is 2. The summed E-state index contributed by atoms with van der Waals surface area (Å²) in [5.74, 6) is 0.147. The van der Waals surface area contributed by atoms with Crippen molar-refractivity contribution in [1.82, 2.24) is 4.31 Å². The number of ether oxygens (including phenoxy) is 1. The molecule has 2 aliphatic carbocycles. The molecule has 0 aromatic heterocycles. The molecule has 3 rings (SSSR count). The molecule has 6 nitrogen and oxygen atoms in total. The van der Waals surface area contributed by atoms with E-state index in [4.69, 9.17) is 4.74 Å². The maximum Gasteiger partial charge on any atom is 0.315 e. The van der Waals surface area contributed by atoms with E-state index in [1.807, 2.05) is 6.92 Å². The molecular weight excluding hydrogens is 374 g/mol. The molecule has 0 unspecified atom stereocenters. The van der Waals surface area contributed by atoms with E-state index in [0.717, 1.165) is 19.3 Å². The molecule has 148 valence electrons. The molecule has 2 bridgehead atoms. The molecule has 1 spiro atoms. The van der Waals surface area contributed by atoms with Gasteiger partial charge in [0.05, 0.1) is 24.2 Å². The minimum Gasteiger partial charge on any atom is -0.465 e. The molecule has 0 aromatic rings. The van der Waals surface area contributed by atoms with Crippen molar-refractivity contribution in [2.24, 2.45) is 16.7 Å². The average Bonchev–Trinajstić information content (AvgIpc) is 3.00. The number of rotatable bonds is 6. The van der Waals surface area contributed by atoms with E-state index in [0.29, 0.717) is 12.5 Å². The number of sulfonamides is 1. The van der Waals surface area contributed by atoms with Crippen molar-refractivity contribution in [3.63, 3.8) is 0 Å². The Kier molecular flexibility index (Phi) is 5.14. The van der Waals surface area contributed by atoms with Crippen molar-refractivity contribution in [3.8, 4) is 0 Å². The fourth-order valence-corrected chi connectivity index (χ4v) is 8.75. The summed E-state index contributed by atoms with van der Waals surface area (Å²) in [5.41, 5.74) is -0.322. The number of fused-ring (bicyclic) bond motifs is 1. The fourth-order valence-electron chi connectivity index (χ4n) is 5.43. The lowest BCUT2D eigenvalue weighted by molar-refractivity contribution is -0.140. The summed E-state index contributed by atoms with van der Waals surface area (Å²) in [6.07, 6.45) is 2.88. The topological polar surface area (TPSA) is 80.8 Å². The number of nitrogens with zero attached hydrogens (tertiary/aromatic N) is 1. The Morgan fingerprint density at radius 1 is 1.35 bits per heavy atom. The quantitative estimate of drug-likeness (QED) is 0.634. The van der Waals surface area contributed by atoms with Gasteiger partial charge in [-0.2, -0.15) is 0 Å². The minimum atomic E-state index is -3.56. The van der Waals surface area contributed by atoms with Gasteiger partial charge in [0.1, 0.15) is 0 Å². The van der Waals surface area contributed by atoms with Crippen LogP contribution in [0.4, 0.5) is 0 Å². The molecule has 1 heterocycles. The second-order valence-electron chi connectivity index (χ2n) is 8.44. The van der Waals surface area contributed by atoms with Crippen molar-refractivity contribution in [3.05, 3.63) is 0 Å². The van der Waals surface area contributed by atoms with Crippen LogP contribution in [0.15, 0.2) is 0 Å². The second-order valence-corrected chi connectivity index (χ2v) is 11.7. The van der Waals surface area contributed by atoms with E-state index >= 15 is 0 Å². The minimum absolute atomic E-state index is 0.0377. The molecule has 1 amide bonds. The zero-order valence-corrected chi connectivity index (χ0v) is 17.6. The van der Waals surface area contributed by atoms with Gasteiger partial charge in [-0.3, -0.25) is 9.59 Å². The number of amides is 1. The summed E-state index contributed by atoms with van der Waals surface area (Å²) in [7, 11) is -3.56. The van der Waals surface area contributed by atoms with Gasteiger partial charge < -0.3 is 4.74 Å². The Morgan fingerprint density at radius 2 is 2.04 bits per heavy atom. The molecule has 0 aromatic carbocycles. The molecule has 26 heavy (non-hydrogen) atoms. The highest BCUT2D eigenvalue weighted by Crippen LogP contribution is 2.70. The largest absolute Gasteiger partial charge is 0.465 e. The van der Waals surface area contributed by atoms with E-state index in [-0.39, 0.29) is 51.9 Å². The van der Waals surface area contributed by atoms with Crippen LogP contribution in [0, 0.1) is 16.7 Å². The molecule has 4 atom stereocenters. The van der Waals surface area contributed by atoms with Gasteiger partial charge >= 0.3 is 5.97 Å². The lowest BCUT2D eigenvalue weighted by atomic mass is 9.69. The van der Waals surface area contributed by atoms with E-state index in [9.17, 15) is 18.0 Å². The van der Waals surface area contributed by atoms with Crippen LogP contribution in [0.5, 0.6) is 0 Å². The van der Waals surface area contributed by atoms with Crippen molar-refractivity contribution >= 4 is 33.7 Å². The highest BCUT2D eigenvalue weighted by Gasteiger charge is 2.72. The van der Waals surface area contributed by atoms with Crippen LogP contribution in [0.3, 0.4) is 0 Å². The van der Waals surface area contributed by atoms with Crippen LogP contribution in [0.25, 0.3) is 0 Å². The number of carbonyl (C=O) groups excluding carboxylic acids is 2. The third-order valence-electron chi connectivity index (χ3n) is 6.91. The molecule has 3 aliphatic rings. The summed E-state index contributed by atoms with van der Waals surface area (Å²) < 4.78 is 31.8. The van der Waals surface area contributed by atoms with Crippen LogP contribution in [0.1, 0.15) is 53.4 Å². The van der Waals surface area contributed by atoms with E-state index in [1.54, 1.807) is 6.92 Å². The molecule has 1 saturated heterocycles. The molecule has 2 saturated carbocycles. The van der Waals surface area contributed by atoms with E-state index < -0.39 is 10.0 Å². The van der Waals surface area contributed by atoms with Gasteiger partial charge in [0.2, 0.25) is 15.9 Å². The second kappa shape index (κ2) is 6.69. The molecule has 1 aliphatic heterocycles. The van der Waals surface area contributed by atoms with Gasteiger partial charge in [0, 0.05) is 17.1 Å². The van der Waals surface area contributed by atoms with Crippen molar-refractivity contribution in [2.75, 3.05) is 18.1 Å². The predicted octanol–water partition coefficient (Wildman–Crippen LogP) is 2.43. The zero-order valence-electron chi connectivity index (χ0n) is 16.0. The molecule has 8 heteroatoms. The lowest BCUT2D eigenvalue weighted by Crippen LogP contribution is -2.44. The number of thioether (sulfide) groups is 1. The number of hydrogen-bond donors (Lipinski definition) is 0. The van der Waals surface area contributed by atoms with Crippen molar-refractivity contribution < 1.29 is 22.7 Å². The summed E-state index contributed by atoms with van der Waals surface area (Å²) in [4.78, 5) is 24.4. The Labute approximate surface area is 160 Å². The third-order valence-corrected chi connectivity index (χ3v) is 9.99. The first-order valence-corrected chi connectivity index (χ1v) is 12.0. The Hall–Kier alpha value is -0.760. The maximum atomic E-state index is 12.9. The summed E-state index contributed by atoms with van der Waals surface area (Å²) in [5, 5.41) is -0.134. The fraction of sp³-hybridized carbons (Fsp3) is 0.889. The van der Waals surface area contributed by atoms with Crippen LogP contribution < -0.4 is 0 Å². The van der Waals surface area contributed by atoms with Crippen molar-refractivity contribution in [2.45, 2.75) is 64.7 Å². The van der Waals surface area contributed by atoms with Gasteiger partial charge in [-0.25, -0.2) is 12.7 Å². The first-order valence-electron chi connectivity index (χ1n) is 9.37. The highest BCUT2D eigenvalue weighted by atomic mass is 32.2. The van der Waals surface area contributed by atoms with Gasteiger partial charge in [-0.05, 0) is 37.5 Å². The number of hydrogen-bond acceptors (Lipinski definition) is 6. The summed E-state index contributed by atoms with van der Waals surface area (Å²) >= 11 is 1.33. The maximum absolute atomic E-state index is 12.9. The smallest absolute Gasteiger partial charge is 0.315 e. The standard InChI is InChI=1S/C18H29NO5S2/c1-5-24-16(21)10-25-12(2)8-15(20)19-14-9-13-6-7-18(14,17(13,3)4)11-26(19,22)23/h12-14H,5-11H2,1-4H3/t12-,13-,14-,18-/m1/s1. The SMILES string of the molecule is CCOC(=O)CS[C@H](C)CC(=O)N1[C@@H]2C[C@H]3CC[C@]2(CS1(=O)=O)C3(C)C. The van der Waals surface area contributed by atoms with Crippen LogP contribution >= 0.6 is 11.8 Å². The van der Waals surface area contributed by atoms with Gasteiger partial charge in [0.25, 0.3) is 0 Å². The predicted molar refractivity (Wildman–Crippen MR) is 101 cm³/mol. The average molecular weight is 404 g/mol. The van der Waals surface area contributed by atoms with Crippen molar-refractivity contribution in [1.29, 1.82) is 0 Å². The van der Waals surface area contributed by atoms with Crippen LogP contribution in [-0.2, 0) is 24.3 Å². The van der Waals surface area contributed by atoms with Crippen LogP contribution in [-0.4, -0.2) is 54.0 Å². The van der Waals surface area contributed by atoms with E-state index in [2.05, 4.69) is 13.8 Å². The summed E-state index contributed by atoms with van der Waals surface area (Å²) in [6.45, 7) is 8.28. The zero-order chi connectivity index (χ0) is 19.3. The Morgan fingerprint density at radius 3 is 2.65 bits per heavy atom. The summed E-state index contributed by atoms with van der Waals surface area (Å²) in [6, 6.07) is -0.184. The Balaban J connectivity index is 1.69. The van der Waals surface area contributed by atoms with Gasteiger partial charge in [0.15, 0.2) is 0 Å². The number of esters is 1. The monoisotopic (exact) mass is 403 g/mol. The Bertz CT molecular complexity index is 704. The lowest BCUT2D eigenvalue weighted by Gasteiger charge is -2.37. The van der Waals surface area contributed by atoms with Gasteiger partial charge in [-0.15, -0.1) is 11.8 Å². The molecule has 3 fully saturated rings. The van der Waals surface area contributed by atoms with E-state index in [1.165, 1.54) is 16.1 Å². The van der Waals surface area contributed by atoms with Gasteiger partial charge in [-0.1, -0.05) is 20.8 Å². The first-order chi connectivity index (χ1) is 12.0. The molecule has 0 radical (unpaired) electrons. The normalized spacial score (nSPS) is 34.5. The molecule has 0 N–H and O–H groups in total. The highest BCUT2D eigenvalue weighted by molar-refractivity contribution is 8.00. The molecular formula is C18H29NO5S2. The first kappa shape index (κ1) is 20.0. The third kappa shape index (κ3) is 2.97. The van der Waals surface area contributed by atoms with Crippen LogP contribution in [0.2, 0.25) is 0 Å².